The smallest absolute Gasteiger partial charge is 0.260 e. The number of nitrogens with zero attached hydrogens (tertiary/aromatic N) is 1. The zero-order valence-electron chi connectivity index (χ0n) is 10.4. The molecule has 0 aliphatic carbocycles. The van der Waals surface area contributed by atoms with E-state index in [0.29, 0.717) is 4.88 Å². The molecular formula is C13H8ClF2N3OS. The second-order valence-electron chi connectivity index (χ2n) is 3.74. The van der Waals surface area contributed by atoms with E-state index in [0.717, 1.165) is 23.5 Å². The van der Waals surface area contributed by atoms with Crippen molar-refractivity contribution < 1.29 is 13.6 Å². The van der Waals surface area contributed by atoms with E-state index in [2.05, 4.69) is 22.1 Å². The fourth-order valence-corrected chi connectivity index (χ4v) is 2.23. The fraction of sp³-hybridized carbons (Fsp3) is 0.0769. The van der Waals surface area contributed by atoms with E-state index in [4.69, 9.17) is 17.3 Å². The largest absolute Gasteiger partial charge is 0.320 e. The minimum absolute atomic E-state index is 0.203. The van der Waals surface area contributed by atoms with E-state index < -0.39 is 28.1 Å². The van der Waals surface area contributed by atoms with Crippen LogP contribution >= 0.6 is 22.9 Å². The highest BCUT2D eigenvalue weighted by Gasteiger charge is 2.16. The Balaban J connectivity index is 2.18. The van der Waals surface area contributed by atoms with E-state index >= 15 is 0 Å². The second kappa shape index (κ2) is 6.63. The van der Waals surface area contributed by atoms with Crippen LogP contribution in [-0.2, 0) is 0 Å². The fourth-order valence-electron chi connectivity index (χ4n) is 1.39. The van der Waals surface area contributed by atoms with Crippen molar-refractivity contribution in [1.29, 1.82) is 0 Å². The molecule has 2 aromatic rings. The lowest BCUT2D eigenvalue weighted by atomic mass is 10.2. The van der Waals surface area contributed by atoms with Crippen molar-refractivity contribution in [1.82, 2.24) is 4.98 Å². The topological polar surface area (TPSA) is 68.0 Å². The number of amides is 1. The Labute approximate surface area is 127 Å². The molecule has 1 aromatic carbocycles. The summed E-state index contributed by atoms with van der Waals surface area (Å²) >= 11 is 6.51. The summed E-state index contributed by atoms with van der Waals surface area (Å²) in [4.78, 5) is 16.4. The number of nitrogens with one attached hydrogen (secondary N) is 1. The predicted molar refractivity (Wildman–Crippen MR) is 77.4 cm³/mol. The van der Waals surface area contributed by atoms with Crippen molar-refractivity contribution in [2.45, 2.75) is 0 Å². The van der Waals surface area contributed by atoms with E-state index in [-0.39, 0.29) is 11.7 Å². The number of hydrogen-bond acceptors (Lipinski definition) is 4. The predicted octanol–water partition coefficient (Wildman–Crippen LogP) is 2.64. The third kappa shape index (κ3) is 3.76. The summed E-state index contributed by atoms with van der Waals surface area (Å²) in [5.41, 5.74) is 4.78. The Bertz CT molecular complexity index is 752. The molecule has 0 unspecified atom stereocenters. The minimum atomic E-state index is -0.918. The lowest BCUT2D eigenvalue weighted by Crippen LogP contribution is -2.14. The quantitative estimate of drug-likeness (QED) is 0.658. The molecule has 0 spiro atoms. The molecule has 0 radical (unpaired) electrons. The molecule has 3 N–H and O–H groups in total. The lowest BCUT2D eigenvalue weighted by Gasteiger charge is -2.04. The maximum Gasteiger partial charge on any atom is 0.260 e. The van der Waals surface area contributed by atoms with Crippen molar-refractivity contribution >= 4 is 34.0 Å². The van der Waals surface area contributed by atoms with Crippen LogP contribution in [0.15, 0.2) is 18.3 Å². The SMILES string of the molecule is NCC#Cc1cnc(NC(=O)c2cc(F)c(Cl)cc2F)s1. The Hall–Kier alpha value is -2.01. The third-order valence-electron chi connectivity index (χ3n) is 2.29. The second-order valence-corrected chi connectivity index (χ2v) is 5.17. The van der Waals surface area contributed by atoms with E-state index in [9.17, 15) is 13.6 Å². The Morgan fingerprint density at radius 3 is 2.90 bits per heavy atom. The van der Waals surface area contributed by atoms with Gasteiger partial charge in [-0.2, -0.15) is 0 Å². The summed E-state index contributed by atoms with van der Waals surface area (Å²) in [6.07, 6.45) is 1.45. The van der Waals surface area contributed by atoms with Gasteiger partial charge in [0, 0.05) is 0 Å². The van der Waals surface area contributed by atoms with Gasteiger partial charge in [-0.05, 0) is 12.1 Å². The molecule has 0 saturated carbocycles. The van der Waals surface area contributed by atoms with Crippen molar-refractivity contribution in [3.63, 3.8) is 0 Å². The van der Waals surface area contributed by atoms with Gasteiger partial charge >= 0.3 is 0 Å². The molecule has 0 aliphatic rings. The van der Waals surface area contributed by atoms with Gasteiger partial charge in [-0.15, -0.1) is 0 Å². The monoisotopic (exact) mass is 327 g/mol. The highest BCUT2D eigenvalue weighted by atomic mass is 35.5. The van der Waals surface area contributed by atoms with Crippen LogP contribution in [0.1, 0.15) is 15.2 Å². The third-order valence-corrected chi connectivity index (χ3v) is 3.41. The molecule has 1 heterocycles. The molecule has 1 amide bonds. The number of carbonyl (C=O) groups is 1. The molecule has 0 bridgehead atoms. The van der Waals surface area contributed by atoms with Gasteiger partial charge in [0.25, 0.3) is 5.91 Å². The summed E-state index contributed by atoms with van der Waals surface area (Å²) in [5, 5.41) is 2.19. The summed E-state index contributed by atoms with van der Waals surface area (Å²) in [6.45, 7) is 0.203. The first-order valence-corrected chi connectivity index (χ1v) is 6.81. The highest BCUT2D eigenvalue weighted by molar-refractivity contribution is 7.16. The molecule has 0 saturated heterocycles. The first-order chi connectivity index (χ1) is 10.0. The van der Waals surface area contributed by atoms with Crippen LogP contribution in [0.25, 0.3) is 0 Å². The average molecular weight is 328 g/mol. The van der Waals surface area contributed by atoms with Crippen LogP contribution in [-0.4, -0.2) is 17.4 Å². The molecule has 2 rings (SSSR count). The van der Waals surface area contributed by atoms with Crippen LogP contribution in [0.2, 0.25) is 5.02 Å². The van der Waals surface area contributed by atoms with Crippen molar-refractivity contribution in [3.05, 3.63) is 45.4 Å². The first kappa shape index (κ1) is 15.4. The van der Waals surface area contributed by atoms with Gasteiger partial charge in [0.05, 0.1) is 28.2 Å². The molecule has 0 atom stereocenters. The number of halogens is 3. The van der Waals surface area contributed by atoms with Crippen molar-refractivity contribution in [3.8, 4) is 11.8 Å². The summed E-state index contributed by atoms with van der Waals surface area (Å²) < 4.78 is 26.9. The summed E-state index contributed by atoms with van der Waals surface area (Å²) in [6, 6.07) is 1.47. The molecule has 21 heavy (non-hydrogen) atoms. The zero-order valence-corrected chi connectivity index (χ0v) is 12.0. The Kier molecular flexibility index (Phi) is 4.85. The maximum atomic E-state index is 13.6. The lowest BCUT2D eigenvalue weighted by molar-refractivity contribution is 0.102. The summed E-state index contributed by atoms with van der Waals surface area (Å²) in [7, 11) is 0. The number of anilines is 1. The molecule has 1 aromatic heterocycles. The van der Waals surface area contributed by atoms with Gasteiger partial charge in [0.1, 0.15) is 11.6 Å². The van der Waals surface area contributed by atoms with Crippen LogP contribution in [0.5, 0.6) is 0 Å². The molecular weight excluding hydrogens is 320 g/mol. The first-order valence-electron chi connectivity index (χ1n) is 5.62. The van der Waals surface area contributed by atoms with Crippen molar-refractivity contribution in [2.24, 2.45) is 5.73 Å². The van der Waals surface area contributed by atoms with Gasteiger partial charge in [-0.3, -0.25) is 10.1 Å². The average Bonchev–Trinajstić information content (AvgIpc) is 2.88. The van der Waals surface area contributed by atoms with Crippen molar-refractivity contribution in [2.75, 3.05) is 11.9 Å². The van der Waals surface area contributed by atoms with Gasteiger partial charge in [0.15, 0.2) is 5.13 Å². The number of rotatable bonds is 2. The Morgan fingerprint density at radius 2 is 2.19 bits per heavy atom. The molecule has 8 heteroatoms. The van der Waals surface area contributed by atoms with Crippen LogP contribution in [0, 0.1) is 23.5 Å². The van der Waals surface area contributed by atoms with E-state index in [1.54, 1.807) is 0 Å². The van der Waals surface area contributed by atoms with Crippen LogP contribution < -0.4 is 11.1 Å². The molecule has 108 valence electrons. The van der Waals surface area contributed by atoms with Gasteiger partial charge in [0.2, 0.25) is 0 Å². The molecule has 0 aliphatic heterocycles. The highest BCUT2D eigenvalue weighted by Crippen LogP contribution is 2.22. The van der Waals surface area contributed by atoms with E-state index in [1.807, 2.05) is 0 Å². The number of carbonyl (C=O) groups excluding carboxylic acids is 1. The number of benzene rings is 1. The number of nitrogens with two attached hydrogens (primary N) is 1. The van der Waals surface area contributed by atoms with Crippen LogP contribution in [0.3, 0.4) is 0 Å². The normalized spacial score (nSPS) is 9.90. The molecule has 0 fully saturated rings. The molecule has 4 nitrogen and oxygen atoms in total. The van der Waals surface area contributed by atoms with Gasteiger partial charge in [-0.1, -0.05) is 34.8 Å². The van der Waals surface area contributed by atoms with Crippen LogP contribution in [0.4, 0.5) is 13.9 Å². The number of thiazole rings is 1. The number of aromatic nitrogens is 1. The zero-order chi connectivity index (χ0) is 15.4. The standard InChI is InChI=1S/C13H8ClF2N3OS/c14-9-5-10(15)8(4-11(9)16)12(20)19-13-18-6-7(21-13)2-1-3-17/h4-6H,3,17H2,(H,18,19,20). The minimum Gasteiger partial charge on any atom is -0.320 e. The van der Waals surface area contributed by atoms with Gasteiger partial charge in [-0.25, -0.2) is 13.8 Å². The van der Waals surface area contributed by atoms with Gasteiger partial charge < -0.3 is 5.73 Å². The number of hydrogen-bond donors (Lipinski definition) is 2. The van der Waals surface area contributed by atoms with E-state index in [1.165, 1.54) is 6.20 Å². The maximum absolute atomic E-state index is 13.6. The summed E-state index contributed by atoms with van der Waals surface area (Å²) in [5.74, 6) is 2.76. The Morgan fingerprint density at radius 1 is 1.43 bits per heavy atom.